The molecule has 4 N–H and O–H groups in total. The van der Waals surface area contributed by atoms with Gasteiger partial charge in [0, 0.05) is 47.5 Å². The molecule has 0 radical (unpaired) electrons. The minimum Gasteiger partial charge on any atom is -0.344 e. The monoisotopic (exact) mass is 921 g/mol. The van der Waals surface area contributed by atoms with Gasteiger partial charge < -0.3 is 4.90 Å². The maximum Gasteiger partial charge on any atom is 0.264 e. The molecule has 0 atom stereocenters. The predicted octanol–water partition coefficient (Wildman–Crippen LogP) is 11.7. The standard InChI is InChI=1S/C51H56N2O8S3/c1-50(2)45(52(32-12-14-34-62(54,55)56)43-28-24-36-16-8-10-20-41(36)47(43)50)30-26-38-22-23-39(49(38)64(60,61)40-18-6-5-7-19-40)27-31-46-51(3,4)48-42-21-11-9-17-37(42)25-29-44(48)53(46)33-13-15-35-63(57,58)59/h5-11,16-21,24-31H,12-15,22-23,32-35H2,1-4H3,(H3-,54,55,56,57,58,59,60,61)/p+1. The molecule has 0 spiro atoms. The number of fused-ring (bicyclic) bond motifs is 6. The molecule has 0 fully saturated rings. The van der Waals surface area contributed by atoms with Gasteiger partial charge in [0.2, 0.25) is 5.69 Å². The van der Waals surface area contributed by atoms with Crippen molar-refractivity contribution in [1.29, 1.82) is 0 Å². The average molecular weight is 922 g/mol. The maximum absolute atomic E-state index is 12.4. The van der Waals surface area contributed by atoms with Crippen LogP contribution in [0.25, 0.3) is 21.5 Å². The molecule has 1 aliphatic carbocycles. The largest absolute Gasteiger partial charge is 0.344 e. The summed E-state index contributed by atoms with van der Waals surface area (Å²) in [4.78, 5) is 3.15. The molecule has 3 aliphatic rings. The first kappa shape index (κ1) is 45.7. The van der Waals surface area contributed by atoms with Crippen LogP contribution < -0.4 is 4.90 Å². The van der Waals surface area contributed by atoms with E-state index in [2.05, 4.69) is 97.9 Å². The molecular formula is C51H57N2O8S3+. The molecule has 5 aromatic rings. The van der Waals surface area contributed by atoms with Gasteiger partial charge in [-0.3, -0.25) is 18.2 Å². The zero-order chi connectivity index (χ0) is 45.7. The Morgan fingerprint density at radius 3 is 1.88 bits per heavy atom. The van der Waals surface area contributed by atoms with Crippen molar-refractivity contribution in [3.63, 3.8) is 0 Å². The van der Waals surface area contributed by atoms with Gasteiger partial charge in [0.15, 0.2) is 5.71 Å². The van der Waals surface area contributed by atoms with E-state index in [-0.39, 0.29) is 11.5 Å². The van der Waals surface area contributed by atoms with Crippen LogP contribution in [0.4, 0.5) is 11.4 Å². The minimum atomic E-state index is -4.10. The van der Waals surface area contributed by atoms with E-state index >= 15 is 0 Å². The first-order valence-corrected chi connectivity index (χ1v) is 26.6. The van der Waals surface area contributed by atoms with Gasteiger partial charge in [-0.1, -0.05) is 98.8 Å². The summed E-state index contributed by atoms with van der Waals surface area (Å²) in [5.74, 6) is -0.630. The van der Waals surface area contributed by atoms with Gasteiger partial charge in [-0.25, -0.2) is 0 Å². The van der Waals surface area contributed by atoms with Crippen molar-refractivity contribution in [1.82, 2.24) is 0 Å². The van der Waals surface area contributed by atoms with Crippen molar-refractivity contribution < 1.29 is 39.6 Å². The smallest absolute Gasteiger partial charge is 0.264 e. The first-order chi connectivity index (χ1) is 30.3. The van der Waals surface area contributed by atoms with E-state index in [9.17, 15) is 35.0 Å². The molecule has 0 bridgehead atoms. The third kappa shape index (κ3) is 8.91. The van der Waals surface area contributed by atoms with Gasteiger partial charge in [0.25, 0.3) is 20.2 Å². The Kier molecular flexibility index (Phi) is 12.5. The third-order valence-electron chi connectivity index (χ3n) is 13.1. The second-order valence-electron chi connectivity index (χ2n) is 18.1. The summed E-state index contributed by atoms with van der Waals surface area (Å²) in [7, 11) is -11.7. The molecule has 5 aromatic carbocycles. The van der Waals surface area contributed by atoms with E-state index in [1.165, 1.54) is 0 Å². The Balaban J connectivity index is 1.24. The predicted molar refractivity (Wildman–Crippen MR) is 262 cm³/mol. The fourth-order valence-corrected chi connectivity index (χ4v) is 13.1. The lowest BCUT2D eigenvalue weighted by atomic mass is 9.79. The van der Waals surface area contributed by atoms with Gasteiger partial charge in [-0.2, -0.15) is 21.4 Å². The van der Waals surface area contributed by atoms with E-state index < -0.39 is 41.7 Å². The number of nitrogens with zero attached hydrogens (tertiary/aromatic N) is 2. The van der Waals surface area contributed by atoms with Crippen molar-refractivity contribution in [3.8, 4) is 0 Å². The Bertz CT molecular complexity index is 3040. The van der Waals surface area contributed by atoms with Gasteiger partial charge >= 0.3 is 0 Å². The lowest BCUT2D eigenvalue weighted by Crippen LogP contribution is -2.28. The van der Waals surface area contributed by atoms with Gasteiger partial charge in [0.05, 0.1) is 26.7 Å². The fraction of sp³-hybridized carbons (Fsp3) is 0.314. The Morgan fingerprint density at radius 1 is 0.625 bits per heavy atom. The average Bonchev–Trinajstić information content (AvgIpc) is 3.83. The minimum absolute atomic E-state index is 0.298. The summed E-state index contributed by atoms with van der Waals surface area (Å²) in [6, 6.07) is 34.0. The number of anilines is 1. The van der Waals surface area contributed by atoms with Crippen LogP contribution in [-0.2, 0) is 31.1 Å². The van der Waals surface area contributed by atoms with E-state index in [0.717, 1.165) is 66.6 Å². The van der Waals surface area contributed by atoms with Crippen molar-refractivity contribution in [2.75, 3.05) is 29.5 Å². The summed E-state index contributed by atoms with van der Waals surface area (Å²) in [5.41, 5.74) is 7.06. The zero-order valence-corrected chi connectivity index (χ0v) is 39.2. The summed E-state index contributed by atoms with van der Waals surface area (Å²) < 4.78 is 92.4. The van der Waals surface area contributed by atoms with Crippen LogP contribution >= 0.6 is 10.6 Å². The third-order valence-corrected chi connectivity index (χ3v) is 16.7. The number of hydrogen-bond donors (Lipinski definition) is 4. The SMILES string of the molecule is CC1(C)C(/C=C/C2=C(S(O)(O)c3ccccc3)C(=C\C=C3/N(CCCCS(=O)(=O)O)c4ccc5ccccc5c4C3(C)C)/CC2)=[N+](CCCCS(=O)(=O)O)c2ccc3ccccc3c21. The highest BCUT2D eigenvalue weighted by molar-refractivity contribution is 8.27. The van der Waals surface area contributed by atoms with E-state index in [1.54, 1.807) is 24.3 Å². The van der Waals surface area contributed by atoms with Gasteiger partial charge in [0.1, 0.15) is 6.54 Å². The van der Waals surface area contributed by atoms with Crippen LogP contribution in [0.3, 0.4) is 0 Å². The number of unbranched alkanes of at least 4 members (excludes halogenated alkanes) is 2. The van der Waals surface area contributed by atoms with Crippen LogP contribution in [-0.4, -0.2) is 69.9 Å². The molecule has 10 nitrogen and oxygen atoms in total. The molecule has 336 valence electrons. The van der Waals surface area contributed by atoms with Crippen molar-refractivity contribution >= 4 is 69.5 Å². The molecule has 0 saturated heterocycles. The number of allylic oxidation sites excluding steroid dienone is 7. The Morgan fingerprint density at radius 2 is 1.22 bits per heavy atom. The fourth-order valence-electron chi connectivity index (χ4n) is 10.1. The summed E-state index contributed by atoms with van der Waals surface area (Å²) in [5, 5.41) is 4.49. The number of hydrogen-bond acceptors (Lipinski definition) is 7. The molecular weight excluding hydrogens is 865 g/mol. The van der Waals surface area contributed by atoms with E-state index in [4.69, 9.17) is 0 Å². The number of benzene rings is 5. The lowest BCUT2D eigenvalue weighted by Gasteiger charge is -2.35. The quantitative estimate of drug-likeness (QED) is 0.0456. The second-order valence-corrected chi connectivity index (χ2v) is 23.2. The maximum atomic E-state index is 12.4. The van der Waals surface area contributed by atoms with Crippen molar-refractivity contribution in [3.05, 3.63) is 160 Å². The van der Waals surface area contributed by atoms with Crippen LogP contribution in [0, 0.1) is 0 Å². The highest BCUT2D eigenvalue weighted by Crippen LogP contribution is 2.62. The Labute approximate surface area is 378 Å². The van der Waals surface area contributed by atoms with Crippen molar-refractivity contribution in [2.45, 2.75) is 81.9 Å². The molecule has 13 heteroatoms. The van der Waals surface area contributed by atoms with Crippen LogP contribution in [0.1, 0.15) is 77.3 Å². The number of rotatable bonds is 15. The van der Waals surface area contributed by atoms with Crippen molar-refractivity contribution in [2.24, 2.45) is 0 Å². The van der Waals surface area contributed by atoms with Crippen LogP contribution in [0.2, 0.25) is 0 Å². The topological polar surface area (TPSA) is 155 Å². The highest BCUT2D eigenvalue weighted by atomic mass is 32.3. The van der Waals surface area contributed by atoms with Gasteiger partial charge in [-0.05, 0) is 115 Å². The molecule has 0 aromatic heterocycles. The highest BCUT2D eigenvalue weighted by Gasteiger charge is 2.46. The molecule has 0 amide bonds. The zero-order valence-electron chi connectivity index (χ0n) is 36.7. The van der Waals surface area contributed by atoms with Crippen LogP contribution in [0.5, 0.6) is 0 Å². The molecule has 0 saturated carbocycles. The molecule has 2 heterocycles. The van der Waals surface area contributed by atoms with Crippen LogP contribution in [0.15, 0.2) is 154 Å². The molecule has 2 aliphatic heterocycles. The van der Waals surface area contributed by atoms with E-state index in [1.807, 2.05) is 42.5 Å². The molecule has 64 heavy (non-hydrogen) atoms. The Hall–Kier alpha value is -4.86. The normalized spacial score (nSPS) is 19.0. The first-order valence-electron chi connectivity index (χ1n) is 21.8. The molecule has 0 unspecified atom stereocenters. The van der Waals surface area contributed by atoms with Gasteiger partial charge in [-0.15, -0.1) is 10.6 Å². The lowest BCUT2D eigenvalue weighted by molar-refractivity contribution is -0.438. The van der Waals surface area contributed by atoms with E-state index in [0.29, 0.717) is 61.4 Å². The second kappa shape index (κ2) is 17.5. The summed E-state index contributed by atoms with van der Waals surface area (Å²) >= 11 is 0. The summed E-state index contributed by atoms with van der Waals surface area (Å²) in [6.07, 6.45) is 11.0. The molecule has 8 rings (SSSR count). The summed E-state index contributed by atoms with van der Waals surface area (Å²) in [6.45, 7) is 9.80.